The van der Waals surface area contributed by atoms with Gasteiger partial charge in [-0.15, -0.1) is 11.3 Å². The van der Waals surface area contributed by atoms with Gasteiger partial charge in [0.2, 0.25) is 0 Å². The zero-order chi connectivity index (χ0) is 15.0. The normalized spacial score (nSPS) is 11.0. The highest BCUT2D eigenvalue weighted by Gasteiger charge is 2.12. The Hall–Kier alpha value is -1.79. The summed E-state index contributed by atoms with van der Waals surface area (Å²) in [5, 5.41) is 2.10. The maximum absolute atomic E-state index is 5.46. The van der Waals surface area contributed by atoms with Crippen LogP contribution in [-0.4, -0.2) is 23.8 Å². The van der Waals surface area contributed by atoms with Crippen LogP contribution in [0.2, 0.25) is 0 Å². The average molecular weight is 320 g/mol. The van der Waals surface area contributed by atoms with E-state index in [1.807, 2.05) is 12.1 Å². The van der Waals surface area contributed by atoms with Gasteiger partial charge in [-0.3, -0.25) is 0 Å². The lowest BCUT2D eigenvalue weighted by molar-refractivity contribution is 0.355. The van der Waals surface area contributed by atoms with Gasteiger partial charge in [-0.25, -0.2) is 0 Å². The van der Waals surface area contributed by atoms with Gasteiger partial charge in [0.15, 0.2) is 16.3 Å². The molecule has 110 valence electrons. The summed E-state index contributed by atoms with van der Waals surface area (Å²) in [6.07, 6.45) is 0. The van der Waals surface area contributed by atoms with E-state index in [1.165, 1.54) is 10.4 Å². The first kappa shape index (κ1) is 14.2. The van der Waals surface area contributed by atoms with Crippen LogP contribution >= 0.6 is 23.6 Å². The van der Waals surface area contributed by atoms with Gasteiger partial charge in [0.05, 0.1) is 31.8 Å². The van der Waals surface area contributed by atoms with Gasteiger partial charge >= 0.3 is 0 Å². The van der Waals surface area contributed by atoms with Crippen LogP contribution < -0.4 is 9.47 Å². The lowest BCUT2D eigenvalue weighted by Gasteiger charge is -2.09. The molecule has 0 fully saturated rings. The number of hydrogen-bond acceptors (Lipinski definition) is 4. The van der Waals surface area contributed by atoms with Crippen molar-refractivity contribution in [3.8, 4) is 11.5 Å². The molecular weight excluding hydrogens is 304 g/mol. The van der Waals surface area contributed by atoms with Gasteiger partial charge in [-0.2, -0.15) is 0 Å². The van der Waals surface area contributed by atoms with Crippen molar-refractivity contribution in [2.45, 2.75) is 13.5 Å². The van der Waals surface area contributed by atoms with E-state index in [-0.39, 0.29) is 0 Å². The van der Waals surface area contributed by atoms with Crippen LogP contribution in [0.5, 0.6) is 11.5 Å². The number of fused-ring (bicyclic) bond motifs is 1. The molecule has 2 aromatic heterocycles. The first-order valence-corrected chi connectivity index (χ1v) is 7.80. The fourth-order valence-corrected chi connectivity index (χ4v) is 3.52. The van der Waals surface area contributed by atoms with Gasteiger partial charge in [0.1, 0.15) is 0 Å². The van der Waals surface area contributed by atoms with Gasteiger partial charge in [0, 0.05) is 17.0 Å². The molecule has 4 nitrogen and oxygen atoms in total. The van der Waals surface area contributed by atoms with Gasteiger partial charge in [-0.05, 0) is 36.2 Å². The second kappa shape index (κ2) is 5.54. The Kier molecular flexibility index (Phi) is 3.73. The Balaban J connectivity index is 2.16. The molecule has 0 unspecified atom stereocenters. The molecule has 0 amide bonds. The highest BCUT2D eigenvalue weighted by atomic mass is 32.1. The summed E-state index contributed by atoms with van der Waals surface area (Å²) in [4.78, 5) is 4.54. The lowest BCUT2D eigenvalue weighted by atomic mass is 10.2. The van der Waals surface area contributed by atoms with E-state index in [9.17, 15) is 0 Å². The predicted octanol–water partition coefficient (Wildman–Crippen LogP) is 4.13. The number of imidazole rings is 1. The minimum Gasteiger partial charge on any atom is -0.493 e. The first-order valence-electron chi connectivity index (χ1n) is 6.51. The van der Waals surface area contributed by atoms with E-state index in [2.05, 4.69) is 27.9 Å². The summed E-state index contributed by atoms with van der Waals surface area (Å²) in [7, 11) is 3.27. The van der Waals surface area contributed by atoms with Crippen molar-refractivity contribution >= 4 is 34.6 Å². The van der Waals surface area contributed by atoms with Crippen molar-refractivity contribution in [2.75, 3.05) is 14.2 Å². The quantitative estimate of drug-likeness (QED) is 0.735. The van der Waals surface area contributed by atoms with E-state index < -0.39 is 0 Å². The SMILES string of the molecule is COc1cc2[nH]c(=S)n(Cc3sccc3C)c2cc1OC. The van der Waals surface area contributed by atoms with Crippen LogP contribution in [0.3, 0.4) is 0 Å². The number of H-pyrrole nitrogens is 1. The van der Waals surface area contributed by atoms with Gasteiger partial charge in [-0.1, -0.05) is 0 Å². The van der Waals surface area contributed by atoms with E-state index in [0.717, 1.165) is 17.6 Å². The molecule has 6 heteroatoms. The topological polar surface area (TPSA) is 39.2 Å². The fraction of sp³-hybridized carbons (Fsp3) is 0.267. The molecular formula is C15H16N2O2S2. The summed E-state index contributed by atoms with van der Waals surface area (Å²) in [5.74, 6) is 1.40. The zero-order valence-electron chi connectivity index (χ0n) is 12.1. The summed E-state index contributed by atoms with van der Waals surface area (Å²) in [6, 6.07) is 6.01. The van der Waals surface area contributed by atoms with Gasteiger partial charge in [0.25, 0.3) is 0 Å². The van der Waals surface area contributed by atoms with E-state index in [0.29, 0.717) is 16.3 Å². The number of hydrogen-bond donors (Lipinski definition) is 1. The molecule has 21 heavy (non-hydrogen) atoms. The van der Waals surface area contributed by atoms with Crippen LogP contribution in [-0.2, 0) is 6.54 Å². The first-order chi connectivity index (χ1) is 10.1. The molecule has 0 spiro atoms. The van der Waals surface area contributed by atoms with Crippen molar-refractivity contribution < 1.29 is 9.47 Å². The molecule has 0 bridgehead atoms. The molecule has 2 heterocycles. The monoisotopic (exact) mass is 320 g/mol. The van der Waals surface area contributed by atoms with Crippen molar-refractivity contribution in [3.05, 3.63) is 38.8 Å². The van der Waals surface area contributed by atoms with E-state index in [1.54, 1.807) is 25.6 Å². The van der Waals surface area contributed by atoms with Crippen LogP contribution in [0.4, 0.5) is 0 Å². The minimum atomic E-state index is 0.695. The Morgan fingerprint density at radius 3 is 2.57 bits per heavy atom. The maximum atomic E-state index is 5.46. The summed E-state index contributed by atoms with van der Waals surface area (Å²) in [5.41, 5.74) is 3.26. The molecule has 0 aliphatic heterocycles. The number of aryl methyl sites for hydroxylation is 1. The molecule has 0 saturated heterocycles. The van der Waals surface area contributed by atoms with Crippen LogP contribution in [0.25, 0.3) is 11.0 Å². The third-order valence-electron chi connectivity index (χ3n) is 3.55. The molecule has 0 radical (unpaired) electrons. The number of nitrogens with zero attached hydrogens (tertiary/aromatic N) is 1. The smallest absolute Gasteiger partial charge is 0.178 e. The molecule has 0 aliphatic carbocycles. The average Bonchev–Trinajstić information content (AvgIpc) is 3.02. The Bertz CT molecular complexity index is 845. The summed E-state index contributed by atoms with van der Waals surface area (Å²) < 4.78 is 13.5. The fourth-order valence-electron chi connectivity index (χ4n) is 2.35. The zero-order valence-corrected chi connectivity index (χ0v) is 13.7. The molecule has 3 rings (SSSR count). The van der Waals surface area contributed by atoms with E-state index >= 15 is 0 Å². The number of methoxy groups -OCH3 is 2. The summed E-state index contributed by atoms with van der Waals surface area (Å²) in [6.45, 7) is 2.88. The Morgan fingerprint density at radius 2 is 1.95 bits per heavy atom. The lowest BCUT2D eigenvalue weighted by Crippen LogP contribution is -1.99. The summed E-state index contributed by atoms with van der Waals surface area (Å²) >= 11 is 7.20. The third kappa shape index (κ3) is 2.45. The predicted molar refractivity (Wildman–Crippen MR) is 88.4 cm³/mol. The van der Waals surface area contributed by atoms with Crippen molar-refractivity contribution in [1.82, 2.24) is 9.55 Å². The second-order valence-corrected chi connectivity index (χ2v) is 6.15. The number of thiophene rings is 1. The van der Waals surface area contributed by atoms with Crippen molar-refractivity contribution in [1.29, 1.82) is 0 Å². The molecule has 3 aromatic rings. The number of benzene rings is 1. The molecule has 0 saturated carbocycles. The number of nitrogens with one attached hydrogen (secondary N) is 1. The van der Waals surface area contributed by atoms with Crippen LogP contribution in [0.1, 0.15) is 10.4 Å². The minimum absolute atomic E-state index is 0.695. The van der Waals surface area contributed by atoms with E-state index in [4.69, 9.17) is 21.7 Å². The van der Waals surface area contributed by atoms with Crippen LogP contribution in [0.15, 0.2) is 23.6 Å². The molecule has 0 aliphatic rings. The van der Waals surface area contributed by atoms with Crippen molar-refractivity contribution in [2.24, 2.45) is 0 Å². The number of rotatable bonds is 4. The molecule has 1 N–H and O–H groups in total. The number of aromatic nitrogens is 2. The molecule has 0 atom stereocenters. The Labute approximate surface area is 131 Å². The second-order valence-electron chi connectivity index (χ2n) is 4.77. The van der Waals surface area contributed by atoms with Crippen LogP contribution in [0, 0.1) is 11.7 Å². The largest absolute Gasteiger partial charge is 0.493 e. The maximum Gasteiger partial charge on any atom is 0.178 e. The third-order valence-corrected chi connectivity index (χ3v) is 4.88. The molecule has 1 aromatic carbocycles. The highest BCUT2D eigenvalue weighted by molar-refractivity contribution is 7.71. The number of ether oxygens (including phenoxy) is 2. The standard InChI is InChI=1S/C15H16N2O2S2/c1-9-4-5-21-14(9)8-17-11-7-13(19-3)12(18-2)6-10(11)16-15(17)20/h4-7H,8H2,1-3H3,(H,16,20). The highest BCUT2D eigenvalue weighted by Crippen LogP contribution is 2.32. The Morgan fingerprint density at radius 1 is 1.24 bits per heavy atom. The number of aromatic amines is 1. The van der Waals surface area contributed by atoms with Crippen molar-refractivity contribution in [3.63, 3.8) is 0 Å². The van der Waals surface area contributed by atoms with Gasteiger partial charge < -0.3 is 19.0 Å².